The molecule has 0 unspecified atom stereocenters. The van der Waals surface area contributed by atoms with Crippen LogP contribution < -0.4 is 0 Å². The quantitative estimate of drug-likeness (QED) is 0.708. The van der Waals surface area contributed by atoms with Gasteiger partial charge < -0.3 is 9.64 Å². The average molecular weight is 250 g/mol. The summed E-state index contributed by atoms with van der Waals surface area (Å²) in [6.07, 6.45) is 4.42. The van der Waals surface area contributed by atoms with Crippen LogP contribution in [-0.4, -0.2) is 42.0 Å². The summed E-state index contributed by atoms with van der Waals surface area (Å²) < 4.78 is 4.78. The number of aromatic nitrogens is 1. The average Bonchev–Trinajstić information content (AvgIpc) is 2.37. The summed E-state index contributed by atoms with van der Waals surface area (Å²) in [5.74, 6) is -0.447. The van der Waals surface area contributed by atoms with Crippen molar-refractivity contribution in [3.05, 3.63) is 30.1 Å². The molecule has 1 amide bonds. The first-order valence-corrected chi connectivity index (χ1v) is 5.92. The van der Waals surface area contributed by atoms with Crippen molar-refractivity contribution in [3.63, 3.8) is 0 Å². The molecule has 0 fully saturated rings. The van der Waals surface area contributed by atoms with Crippen LogP contribution in [0.25, 0.3) is 0 Å². The van der Waals surface area contributed by atoms with Gasteiger partial charge in [0.15, 0.2) is 0 Å². The second kappa shape index (κ2) is 7.42. The van der Waals surface area contributed by atoms with E-state index in [1.54, 1.807) is 26.4 Å². The van der Waals surface area contributed by atoms with Gasteiger partial charge in [-0.05, 0) is 31.0 Å². The van der Waals surface area contributed by atoms with E-state index >= 15 is 0 Å². The highest BCUT2D eigenvalue weighted by molar-refractivity contribution is 5.81. The minimum Gasteiger partial charge on any atom is -0.465 e. The number of rotatable bonds is 6. The van der Waals surface area contributed by atoms with Crippen molar-refractivity contribution in [1.29, 1.82) is 0 Å². The highest BCUT2D eigenvalue weighted by atomic mass is 16.5. The molecular formula is C13H18N2O3. The van der Waals surface area contributed by atoms with Crippen molar-refractivity contribution in [2.24, 2.45) is 0 Å². The number of amides is 1. The van der Waals surface area contributed by atoms with Crippen molar-refractivity contribution in [2.45, 2.75) is 19.8 Å². The molecule has 1 rings (SSSR count). The molecule has 0 aliphatic heterocycles. The van der Waals surface area contributed by atoms with E-state index in [1.165, 1.54) is 4.90 Å². The van der Waals surface area contributed by atoms with Crippen molar-refractivity contribution in [1.82, 2.24) is 9.88 Å². The molecule has 1 aromatic heterocycles. The molecule has 5 nitrogen and oxygen atoms in total. The minimum atomic E-state index is -0.378. The molecule has 1 heterocycles. The van der Waals surface area contributed by atoms with E-state index in [0.29, 0.717) is 19.4 Å². The first kappa shape index (κ1) is 14.2. The number of esters is 1. The van der Waals surface area contributed by atoms with Crippen LogP contribution in [0.15, 0.2) is 24.5 Å². The van der Waals surface area contributed by atoms with Crippen molar-refractivity contribution in [3.8, 4) is 0 Å². The van der Waals surface area contributed by atoms with Gasteiger partial charge in [-0.1, -0.05) is 0 Å². The van der Waals surface area contributed by atoms with Crippen LogP contribution in [0.2, 0.25) is 0 Å². The molecule has 98 valence electrons. The normalized spacial score (nSPS) is 9.89. The van der Waals surface area contributed by atoms with Crippen LogP contribution in [0, 0.1) is 0 Å². The Kier molecular flexibility index (Phi) is 5.84. The van der Waals surface area contributed by atoms with Gasteiger partial charge in [0.2, 0.25) is 5.91 Å². The van der Waals surface area contributed by atoms with Crippen molar-refractivity contribution in [2.75, 3.05) is 20.2 Å². The summed E-state index contributed by atoms with van der Waals surface area (Å²) in [7, 11) is 1.60. The van der Waals surface area contributed by atoms with E-state index in [1.807, 2.05) is 12.1 Å². The molecule has 0 spiro atoms. The van der Waals surface area contributed by atoms with Gasteiger partial charge in [0, 0.05) is 25.9 Å². The summed E-state index contributed by atoms with van der Waals surface area (Å²) in [5, 5.41) is 0. The lowest BCUT2D eigenvalue weighted by atomic mass is 10.1. The maximum atomic E-state index is 11.8. The van der Waals surface area contributed by atoms with Gasteiger partial charge in [-0.25, -0.2) is 0 Å². The van der Waals surface area contributed by atoms with Crippen LogP contribution in [0.5, 0.6) is 0 Å². The molecular weight excluding hydrogens is 232 g/mol. The molecule has 0 saturated heterocycles. The van der Waals surface area contributed by atoms with E-state index in [2.05, 4.69) is 4.98 Å². The fourth-order valence-electron chi connectivity index (χ4n) is 1.48. The Morgan fingerprint density at radius 2 is 2.00 bits per heavy atom. The number of carbonyl (C=O) groups excluding carboxylic acids is 2. The maximum Gasteiger partial charge on any atom is 0.325 e. The molecule has 0 aromatic carbocycles. The lowest BCUT2D eigenvalue weighted by Gasteiger charge is -2.15. The number of ether oxygens (including phenoxy) is 1. The molecule has 0 N–H and O–H groups in total. The highest BCUT2D eigenvalue weighted by Crippen LogP contribution is 2.03. The molecule has 0 radical (unpaired) electrons. The molecule has 18 heavy (non-hydrogen) atoms. The maximum absolute atomic E-state index is 11.8. The van der Waals surface area contributed by atoms with Gasteiger partial charge in [-0.15, -0.1) is 0 Å². The molecule has 0 bridgehead atoms. The standard InChI is InChI=1S/C13H18N2O3/c1-3-18-13(17)10-15(2)12(16)5-4-11-6-8-14-9-7-11/h6-9H,3-5,10H2,1-2H3. The first-order chi connectivity index (χ1) is 8.63. The number of aryl methyl sites for hydroxylation is 1. The minimum absolute atomic E-state index is 0.00299. The first-order valence-electron chi connectivity index (χ1n) is 5.92. The fraction of sp³-hybridized carbons (Fsp3) is 0.462. The highest BCUT2D eigenvalue weighted by Gasteiger charge is 2.13. The van der Waals surface area contributed by atoms with Gasteiger partial charge in [0.25, 0.3) is 0 Å². The molecule has 0 saturated carbocycles. The third-order valence-corrected chi connectivity index (χ3v) is 2.47. The Bertz CT molecular complexity index is 392. The van der Waals surface area contributed by atoms with Gasteiger partial charge in [0.1, 0.15) is 6.54 Å². The number of pyridine rings is 1. The number of carbonyl (C=O) groups is 2. The van der Waals surface area contributed by atoms with E-state index < -0.39 is 0 Å². The van der Waals surface area contributed by atoms with Crippen LogP contribution >= 0.6 is 0 Å². The molecule has 1 aromatic rings. The van der Waals surface area contributed by atoms with E-state index in [4.69, 9.17) is 4.74 Å². The molecule has 0 atom stereocenters. The van der Waals surface area contributed by atoms with Crippen LogP contribution in [0.1, 0.15) is 18.9 Å². The van der Waals surface area contributed by atoms with Gasteiger partial charge in [0.05, 0.1) is 6.61 Å². The van der Waals surface area contributed by atoms with Crippen molar-refractivity contribution >= 4 is 11.9 Å². The number of likely N-dealkylation sites (N-methyl/N-ethyl adjacent to an activating group) is 1. The summed E-state index contributed by atoms with van der Waals surface area (Å²) >= 11 is 0. The Morgan fingerprint density at radius 3 is 2.61 bits per heavy atom. The van der Waals surface area contributed by atoms with Crippen LogP contribution in [-0.2, 0) is 20.7 Å². The molecule has 5 heteroatoms. The largest absolute Gasteiger partial charge is 0.465 e. The topological polar surface area (TPSA) is 59.5 Å². The Hall–Kier alpha value is -1.91. The lowest BCUT2D eigenvalue weighted by Crippen LogP contribution is -2.33. The number of hydrogen-bond donors (Lipinski definition) is 0. The van der Waals surface area contributed by atoms with E-state index in [0.717, 1.165) is 5.56 Å². The second-order valence-corrected chi connectivity index (χ2v) is 3.91. The second-order valence-electron chi connectivity index (χ2n) is 3.91. The Balaban J connectivity index is 2.34. The Morgan fingerprint density at radius 1 is 1.33 bits per heavy atom. The third-order valence-electron chi connectivity index (χ3n) is 2.47. The molecule has 0 aliphatic rings. The zero-order valence-electron chi connectivity index (χ0n) is 10.8. The van der Waals surface area contributed by atoms with Gasteiger partial charge >= 0.3 is 5.97 Å². The smallest absolute Gasteiger partial charge is 0.325 e. The zero-order valence-corrected chi connectivity index (χ0v) is 10.8. The third kappa shape index (κ3) is 4.95. The monoisotopic (exact) mass is 250 g/mol. The predicted molar refractivity (Wildman–Crippen MR) is 66.8 cm³/mol. The van der Waals surface area contributed by atoms with E-state index in [-0.39, 0.29) is 18.4 Å². The summed E-state index contributed by atoms with van der Waals surface area (Å²) in [5.41, 5.74) is 1.06. The molecule has 0 aliphatic carbocycles. The SMILES string of the molecule is CCOC(=O)CN(C)C(=O)CCc1ccncc1. The number of hydrogen-bond acceptors (Lipinski definition) is 4. The van der Waals surface area contributed by atoms with Crippen LogP contribution in [0.3, 0.4) is 0 Å². The van der Waals surface area contributed by atoms with E-state index in [9.17, 15) is 9.59 Å². The van der Waals surface area contributed by atoms with Crippen LogP contribution in [0.4, 0.5) is 0 Å². The lowest BCUT2D eigenvalue weighted by molar-refractivity contribution is -0.148. The number of nitrogens with zero attached hydrogens (tertiary/aromatic N) is 2. The fourth-order valence-corrected chi connectivity index (χ4v) is 1.48. The summed E-state index contributed by atoms with van der Waals surface area (Å²) in [6.45, 7) is 2.07. The summed E-state index contributed by atoms with van der Waals surface area (Å²) in [6, 6.07) is 3.75. The summed E-state index contributed by atoms with van der Waals surface area (Å²) in [4.78, 5) is 28.3. The zero-order chi connectivity index (χ0) is 13.4. The Labute approximate surface area is 107 Å². The van der Waals surface area contributed by atoms with Gasteiger partial charge in [-0.3, -0.25) is 14.6 Å². The van der Waals surface area contributed by atoms with Crippen molar-refractivity contribution < 1.29 is 14.3 Å². The predicted octanol–water partition coefficient (Wildman–Crippen LogP) is 1.04. The van der Waals surface area contributed by atoms with Gasteiger partial charge in [-0.2, -0.15) is 0 Å².